The monoisotopic (exact) mass is 499 g/mol. The zero-order chi connectivity index (χ0) is 26.9. The van der Waals surface area contributed by atoms with Gasteiger partial charge >= 0.3 is 0 Å². The molecule has 0 aliphatic heterocycles. The van der Waals surface area contributed by atoms with Crippen molar-refractivity contribution in [1.82, 2.24) is 0 Å². The van der Waals surface area contributed by atoms with E-state index in [4.69, 9.17) is 20.0 Å². The average Bonchev–Trinajstić information content (AvgIpc) is 2.82. The summed E-state index contributed by atoms with van der Waals surface area (Å²) in [7, 11) is 4.72. The molecule has 2 amide bonds. The molecule has 198 valence electrons. The molecular formula is C28H41N3O5. The van der Waals surface area contributed by atoms with Gasteiger partial charge in [-0.25, -0.2) is 0 Å². The van der Waals surface area contributed by atoms with Gasteiger partial charge in [0.2, 0.25) is 11.8 Å². The lowest BCUT2D eigenvalue weighted by Crippen LogP contribution is -2.22. The van der Waals surface area contributed by atoms with Gasteiger partial charge < -0.3 is 20.5 Å². The first-order valence-electron chi connectivity index (χ1n) is 12.3. The van der Waals surface area contributed by atoms with Gasteiger partial charge in [-0.05, 0) is 41.5 Å². The van der Waals surface area contributed by atoms with E-state index in [9.17, 15) is 9.59 Å². The zero-order valence-corrected chi connectivity index (χ0v) is 22.6. The van der Waals surface area contributed by atoms with E-state index in [0.29, 0.717) is 28.4 Å². The molecule has 1 atom stereocenters. The fourth-order valence-corrected chi connectivity index (χ4v) is 4.32. The molecule has 0 saturated carbocycles. The van der Waals surface area contributed by atoms with Crippen molar-refractivity contribution in [2.75, 3.05) is 32.1 Å². The third-order valence-electron chi connectivity index (χ3n) is 6.18. The molecule has 2 rings (SSSR count). The Balaban J connectivity index is 2.43. The van der Waals surface area contributed by atoms with E-state index in [1.807, 2.05) is 12.1 Å². The fourth-order valence-electron chi connectivity index (χ4n) is 4.32. The first-order chi connectivity index (χ1) is 17.0. The van der Waals surface area contributed by atoms with Crippen molar-refractivity contribution >= 4 is 23.2 Å². The number of unbranched alkanes of at least 4 members (excludes halogenated alkanes) is 2. The van der Waals surface area contributed by atoms with Crippen molar-refractivity contribution in [2.45, 2.75) is 71.1 Å². The Labute approximate surface area is 214 Å². The quantitative estimate of drug-likeness (QED) is 0.238. The SMILES string of the molecule is CCCCCC(CC(=O)Nc1cc(C(N)=O)ccc1C(C)(C)C)c1cc(NOC)c(OC)cc1OC. The Morgan fingerprint density at radius 1 is 0.972 bits per heavy atom. The van der Waals surface area contributed by atoms with E-state index in [0.717, 1.165) is 36.8 Å². The fraction of sp³-hybridized carbons (Fsp3) is 0.500. The topological polar surface area (TPSA) is 112 Å². The summed E-state index contributed by atoms with van der Waals surface area (Å²) < 4.78 is 11.2. The van der Waals surface area contributed by atoms with Crippen LogP contribution in [0.2, 0.25) is 0 Å². The first kappa shape index (κ1) is 29.0. The number of hydrogen-bond donors (Lipinski definition) is 3. The van der Waals surface area contributed by atoms with Gasteiger partial charge in [-0.1, -0.05) is 53.0 Å². The number of amides is 2. The van der Waals surface area contributed by atoms with Crippen LogP contribution in [0.25, 0.3) is 0 Å². The maximum atomic E-state index is 13.4. The van der Waals surface area contributed by atoms with Crippen LogP contribution >= 0.6 is 0 Å². The third kappa shape index (κ3) is 7.62. The molecule has 0 spiro atoms. The summed E-state index contributed by atoms with van der Waals surface area (Å²) >= 11 is 0. The summed E-state index contributed by atoms with van der Waals surface area (Å²) in [5, 5.41) is 3.05. The van der Waals surface area contributed by atoms with Crippen LogP contribution in [0.1, 0.15) is 87.2 Å². The van der Waals surface area contributed by atoms with Crippen LogP contribution in [0, 0.1) is 0 Å². The van der Waals surface area contributed by atoms with Crippen LogP contribution in [-0.2, 0) is 15.0 Å². The number of nitrogens with one attached hydrogen (secondary N) is 2. The number of carbonyl (C=O) groups is 2. The summed E-state index contributed by atoms with van der Waals surface area (Å²) in [6, 6.07) is 8.92. The van der Waals surface area contributed by atoms with Crippen molar-refractivity contribution in [3.8, 4) is 11.5 Å². The van der Waals surface area contributed by atoms with E-state index < -0.39 is 5.91 Å². The second-order valence-corrected chi connectivity index (χ2v) is 9.92. The zero-order valence-electron chi connectivity index (χ0n) is 22.6. The summed E-state index contributed by atoms with van der Waals surface area (Å²) in [5.41, 5.74) is 11.5. The van der Waals surface area contributed by atoms with Gasteiger partial charge in [0.25, 0.3) is 0 Å². The lowest BCUT2D eigenvalue weighted by atomic mass is 9.84. The highest BCUT2D eigenvalue weighted by Crippen LogP contribution is 2.40. The first-order valence-corrected chi connectivity index (χ1v) is 12.3. The van der Waals surface area contributed by atoms with Crippen molar-refractivity contribution in [2.24, 2.45) is 5.73 Å². The third-order valence-corrected chi connectivity index (χ3v) is 6.18. The molecule has 0 aromatic heterocycles. The van der Waals surface area contributed by atoms with Crippen LogP contribution in [0.15, 0.2) is 30.3 Å². The number of nitrogens with two attached hydrogens (primary N) is 1. The van der Waals surface area contributed by atoms with Gasteiger partial charge in [-0.2, -0.15) is 0 Å². The highest BCUT2D eigenvalue weighted by molar-refractivity contribution is 5.97. The molecule has 0 radical (unpaired) electrons. The molecule has 1 unspecified atom stereocenters. The molecule has 0 aliphatic carbocycles. The summed E-state index contributed by atoms with van der Waals surface area (Å²) in [4.78, 5) is 30.3. The molecule has 0 heterocycles. The van der Waals surface area contributed by atoms with E-state index in [2.05, 4.69) is 38.5 Å². The smallest absolute Gasteiger partial charge is 0.248 e. The van der Waals surface area contributed by atoms with Crippen molar-refractivity contribution in [1.29, 1.82) is 0 Å². The number of anilines is 2. The number of carbonyl (C=O) groups excluding carboxylic acids is 2. The average molecular weight is 500 g/mol. The minimum atomic E-state index is -0.537. The molecule has 2 aromatic rings. The molecule has 0 aliphatic rings. The predicted octanol–water partition coefficient (Wildman–Crippen LogP) is 5.77. The Kier molecular flexibility index (Phi) is 10.6. The maximum absolute atomic E-state index is 13.4. The number of hydrogen-bond acceptors (Lipinski definition) is 6. The molecule has 36 heavy (non-hydrogen) atoms. The number of benzene rings is 2. The molecule has 0 bridgehead atoms. The van der Waals surface area contributed by atoms with Gasteiger partial charge in [0, 0.05) is 29.3 Å². The van der Waals surface area contributed by atoms with Gasteiger partial charge in [0.1, 0.15) is 17.2 Å². The number of methoxy groups -OCH3 is 2. The largest absolute Gasteiger partial charge is 0.496 e. The van der Waals surface area contributed by atoms with Gasteiger partial charge in [0.05, 0.1) is 21.3 Å². The molecular weight excluding hydrogens is 458 g/mol. The Bertz CT molecular complexity index is 1050. The Hall–Kier alpha value is -3.26. The lowest BCUT2D eigenvalue weighted by Gasteiger charge is -2.25. The molecule has 8 heteroatoms. The molecule has 0 saturated heterocycles. The van der Waals surface area contributed by atoms with E-state index in [1.54, 1.807) is 32.4 Å². The highest BCUT2D eigenvalue weighted by atomic mass is 16.6. The Morgan fingerprint density at radius 3 is 2.22 bits per heavy atom. The van der Waals surface area contributed by atoms with Crippen LogP contribution < -0.4 is 26.0 Å². The van der Waals surface area contributed by atoms with Crippen LogP contribution in [0.4, 0.5) is 11.4 Å². The van der Waals surface area contributed by atoms with E-state index in [-0.39, 0.29) is 23.7 Å². The number of ether oxygens (including phenoxy) is 2. The van der Waals surface area contributed by atoms with E-state index >= 15 is 0 Å². The molecule has 8 nitrogen and oxygen atoms in total. The Morgan fingerprint density at radius 2 is 1.67 bits per heavy atom. The van der Waals surface area contributed by atoms with Gasteiger partial charge in [-0.15, -0.1) is 0 Å². The van der Waals surface area contributed by atoms with Crippen LogP contribution in [-0.4, -0.2) is 33.1 Å². The van der Waals surface area contributed by atoms with Crippen LogP contribution in [0.3, 0.4) is 0 Å². The maximum Gasteiger partial charge on any atom is 0.248 e. The van der Waals surface area contributed by atoms with Crippen LogP contribution in [0.5, 0.6) is 11.5 Å². The predicted molar refractivity (Wildman–Crippen MR) is 144 cm³/mol. The van der Waals surface area contributed by atoms with E-state index in [1.165, 1.54) is 7.11 Å². The highest BCUT2D eigenvalue weighted by Gasteiger charge is 2.25. The van der Waals surface area contributed by atoms with Crippen molar-refractivity contribution < 1.29 is 23.9 Å². The lowest BCUT2D eigenvalue weighted by molar-refractivity contribution is -0.116. The minimum absolute atomic E-state index is 0.104. The van der Waals surface area contributed by atoms with Gasteiger partial charge in [0.15, 0.2) is 0 Å². The standard InChI is InChI=1S/C28H41N3O5/c1-8-9-10-11-18(20-16-23(31-36-7)25(35-6)17-24(20)34-5)15-26(32)30-22-14-19(27(29)33)12-13-21(22)28(2,3)4/h12-14,16-18,31H,8-11,15H2,1-7H3,(H2,29,33)(H,30,32). The van der Waals surface area contributed by atoms with Crippen molar-refractivity contribution in [3.63, 3.8) is 0 Å². The minimum Gasteiger partial charge on any atom is -0.496 e. The molecule has 2 aromatic carbocycles. The van der Waals surface area contributed by atoms with Gasteiger partial charge in [-0.3, -0.25) is 19.9 Å². The summed E-state index contributed by atoms with van der Waals surface area (Å²) in [5.74, 6) is 0.431. The second-order valence-electron chi connectivity index (χ2n) is 9.92. The second kappa shape index (κ2) is 13.2. The molecule has 0 fully saturated rings. The summed E-state index contributed by atoms with van der Waals surface area (Å²) in [6.45, 7) is 8.32. The number of rotatable bonds is 13. The summed E-state index contributed by atoms with van der Waals surface area (Å²) in [6.07, 6.45) is 4.16. The normalized spacial score (nSPS) is 12.1. The molecule has 4 N–H and O–H groups in total. The van der Waals surface area contributed by atoms with Crippen molar-refractivity contribution in [3.05, 3.63) is 47.0 Å². The number of primary amides is 1.